The summed E-state index contributed by atoms with van der Waals surface area (Å²) in [5.41, 5.74) is 3.24. The fraction of sp³-hybridized carbons (Fsp3) is 0. The lowest BCUT2D eigenvalue weighted by atomic mass is 10.2. The van der Waals surface area contributed by atoms with Gasteiger partial charge in [0.2, 0.25) is 0 Å². The first-order valence-electron chi connectivity index (χ1n) is 3.56. The molecule has 0 aliphatic heterocycles. The topological polar surface area (TPSA) is 33.1 Å². The molecular weight excluding hydrogens is 206 g/mol. The number of halogens is 1. The van der Waals surface area contributed by atoms with E-state index in [0.717, 1.165) is 11.3 Å². The fourth-order valence-corrected chi connectivity index (χ4v) is 1.80. The minimum absolute atomic E-state index is 0.115. The molecule has 1 radical (unpaired) electrons. The Balaban J connectivity index is 2.53. The summed E-state index contributed by atoms with van der Waals surface area (Å²) in [6, 6.07) is 5.82. The Morgan fingerprint density at radius 3 is 3.00 bits per heavy atom. The number of hydrogen-bond acceptors (Lipinski definition) is 3. The summed E-state index contributed by atoms with van der Waals surface area (Å²) in [5.74, 6) is 0.115. The second-order valence-corrected chi connectivity index (χ2v) is 3.58. The Hall–Kier alpha value is -1.06. The lowest BCUT2D eigenvalue weighted by molar-refractivity contribution is 0.475. The maximum absolute atomic E-state index is 9.10. The first kappa shape index (κ1) is 8.53. The summed E-state index contributed by atoms with van der Waals surface area (Å²) in [7, 11) is 0. The number of benzene rings is 1. The molecule has 0 saturated carbocycles. The molecule has 0 bridgehead atoms. The molecule has 0 atom stereocenters. The van der Waals surface area contributed by atoms with E-state index in [4.69, 9.17) is 16.7 Å². The first-order chi connectivity index (χ1) is 6.27. The number of phenols is 1. The number of hydrogen-bond donors (Lipinski definition) is 1. The largest absolute Gasteiger partial charge is 0.508 e. The molecule has 13 heavy (non-hydrogen) atoms. The summed E-state index contributed by atoms with van der Waals surface area (Å²) in [5, 5.41) is 11.4. The highest BCUT2D eigenvalue weighted by Crippen LogP contribution is 2.29. The van der Waals surface area contributed by atoms with Crippen molar-refractivity contribution in [2.24, 2.45) is 0 Å². The summed E-state index contributed by atoms with van der Waals surface area (Å²) < 4.78 is 0. The van der Waals surface area contributed by atoms with Crippen molar-refractivity contribution in [2.75, 3.05) is 0 Å². The maximum Gasteiger partial charge on any atom is 0.117 e. The Morgan fingerprint density at radius 1 is 1.54 bits per heavy atom. The van der Waals surface area contributed by atoms with Gasteiger partial charge in [0.15, 0.2) is 0 Å². The van der Waals surface area contributed by atoms with Crippen molar-refractivity contribution < 1.29 is 5.11 Å². The summed E-state index contributed by atoms with van der Waals surface area (Å²) in [4.78, 5) is 4.10. The van der Waals surface area contributed by atoms with Crippen molar-refractivity contribution in [3.63, 3.8) is 0 Å². The Morgan fingerprint density at radius 2 is 2.38 bits per heavy atom. The van der Waals surface area contributed by atoms with E-state index in [0.29, 0.717) is 5.02 Å². The molecule has 1 aromatic carbocycles. The van der Waals surface area contributed by atoms with Crippen LogP contribution in [-0.2, 0) is 0 Å². The van der Waals surface area contributed by atoms with Gasteiger partial charge in [-0.25, -0.2) is 4.98 Å². The van der Waals surface area contributed by atoms with Gasteiger partial charge in [-0.3, -0.25) is 0 Å². The lowest BCUT2D eigenvalue weighted by Crippen LogP contribution is -1.78. The van der Waals surface area contributed by atoms with Gasteiger partial charge in [-0.2, -0.15) is 0 Å². The molecule has 0 fully saturated rings. The van der Waals surface area contributed by atoms with Gasteiger partial charge in [-0.1, -0.05) is 11.6 Å². The zero-order valence-electron chi connectivity index (χ0n) is 6.49. The third kappa shape index (κ3) is 1.66. The van der Waals surface area contributed by atoms with Crippen LogP contribution < -0.4 is 0 Å². The molecule has 0 saturated heterocycles. The van der Waals surface area contributed by atoms with Crippen LogP contribution in [0.15, 0.2) is 23.0 Å². The lowest BCUT2D eigenvalue weighted by Gasteiger charge is -1.99. The first-order valence-corrected chi connectivity index (χ1v) is 4.88. The molecular formula is C9H5ClNOS. The normalized spacial score (nSPS) is 10.2. The molecule has 2 nitrogen and oxygen atoms in total. The van der Waals surface area contributed by atoms with Crippen LogP contribution in [0.1, 0.15) is 0 Å². The van der Waals surface area contributed by atoms with Crippen LogP contribution in [0.5, 0.6) is 5.75 Å². The minimum atomic E-state index is 0.115. The number of aromatic nitrogens is 1. The standard InChI is InChI=1S/C9H5ClNOS/c10-8-3-6(12)1-2-7(8)9-4-13-5-11-9/h1,3-5,12H. The highest BCUT2D eigenvalue weighted by molar-refractivity contribution is 7.07. The van der Waals surface area contributed by atoms with Crippen LogP contribution in [0.3, 0.4) is 0 Å². The van der Waals surface area contributed by atoms with E-state index in [1.165, 1.54) is 23.5 Å². The van der Waals surface area contributed by atoms with Crippen molar-refractivity contribution >= 4 is 22.9 Å². The number of rotatable bonds is 1. The zero-order chi connectivity index (χ0) is 9.26. The van der Waals surface area contributed by atoms with E-state index in [1.54, 1.807) is 5.51 Å². The van der Waals surface area contributed by atoms with E-state index in [9.17, 15) is 0 Å². The monoisotopic (exact) mass is 210 g/mol. The molecule has 0 amide bonds. The van der Waals surface area contributed by atoms with Gasteiger partial charge in [-0.15, -0.1) is 11.3 Å². The van der Waals surface area contributed by atoms with Crippen LogP contribution in [-0.4, -0.2) is 10.1 Å². The molecule has 65 valence electrons. The van der Waals surface area contributed by atoms with Crippen LogP contribution in [0, 0.1) is 6.07 Å². The van der Waals surface area contributed by atoms with Gasteiger partial charge >= 0.3 is 0 Å². The second kappa shape index (κ2) is 3.36. The van der Waals surface area contributed by atoms with Crippen LogP contribution in [0.4, 0.5) is 0 Å². The Labute approximate surface area is 84.4 Å². The Kier molecular flexibility index (Phi) is 2.20. The fourth-order valence-electron chi connectivity index (χ4n) is 0.991. The number of thiazole rings is 1. The summed E-state index contributed by atoms with van der Waals surface area (Å²) in [6.07, 6.45) is 0. The van der Waals surface area contributed by atoms with Crippen LogP contribution >= 0.6 is 22.9 Å². The van der Waals surface area contributed by atoms with Gasteiger partial charge in [0, 0.05) is 10.9 Å². The van der Waals surface area contributed by atoms with Gasteiger partial charge in [0.25, 0.3) is 0 Å². The predicted octanol–water partition coefficient (Wildman–Crippen LogP) is 2.97. The average Bonchev–Trinajstić information content (AvgIpc) is 2.56. The van der Waals surface area contributed by atoms with E-state index < -0.39 is 0 Å². The SMILES string of the molecule is Oc1c[c]c(-c2cscn2)c(Cl)c1. The average molecular weight is 211 g/mol. The second-order valence-electron chi connectivity index (χ2n) is 2.45. The molecule has 0 unspecified atom stereocenters. The van der Waals surface area contributed by atoms with E-state index in [1.807, 2.05) is 5.38 Å². The molecule has 0 aliphatic rings. The van der Waals surface area contributed by atoms with Crippen molar-refractivity contribution in [2.45, 2.75) is 0 Å². The predicted molar refractivity (Wildman–Crippen MR) is 53.1 cm³/mol. The third-order valence-corrected chi connectivity index (χ3v) is 2.45. The van der Waals surface area contributed by atoms with Gasteiger partial charge < -0.3 is 5.11 Å². The third-order valence-electron chi connectivity index (χ3n) is 1.57. The molecule has 1 heterocycles. The molecule has 0 spiro atoms. The van der Waals surface area contributed by atoms with Crippen molar-refractivity contribution in [3.8, 4) is 17.0 Å². The smallest absolute Gasteiger partial charge is 0.117 e. The quantitative estimate of drug-likeness (QED) is 0.785. The highest BCUT2D eigenvalue weighted by Gasteiger charge is 2.05. The van der Waals surface area contributed by atoms with E-state index in [2.05, 4.69) is 11.1 Å². The van der Waals surface area contributed by atoms with Crippen LogP contribution in [0.25, 0.3) is 11.3 Å². The molecule has 1 aromatic heterocycles. The van der Waals surface area contributed by atoms with Crippen LogP contribution in [0.2, 0.25) is 5.02 Å². The van der Waals surface area contributed by atoms with Crippen molar-refractivity contribution in [3.05, 3.63) is 34.1 Å². The Bertz CT molecular complexity index is 414. The molecule has 4 heteroatoms. The zero-order valence-corrected chi connectivity index (χ0v) is 8.06. The molecule has 2 aromatic rings. The number of nitrogens with zero attached hydrogens (tertiary/aromatic N) is 1. The van der Waals surface area contributed by atoms with Gasteiger partial charge in [0.1, 0.15) is 5.75 Å². The molecule has 1 N–H and O–H groups in total. The highest BCUT2D eigenvalue weighted by atomic mass is 35.5. The summed E-state index contributed by atoms with van der Waals surface area (Å²) in [6.45, 7) is 0. The number of aromatic hydroxyl groups is 1. The summed E-state index contributed by atoms with van der Waals surface area (Å²) >= 11 is 7.39. The van der Waals surface area contributed by atoms with Crippen molar-refractivity contribution in [1.82, 2.24) is 4.98 Å². The minimum Gasteiger partial charge on any atom is -0.508 e. The number of phenolic OH excluding ortho intramolecular Hbond substituents is 1. The molecule has 2 rings (SSSR count). The van der Waals surface area contributed by atoms with Crippen molar-refractivity contribution in [1.29, 1.82) is 0 Å². The molecule has 0 aliphatic carbocycles. The van der Waals surface area contributed by atoms with E-state index >= 15 is 0 Å². The van der Waals surface area contributed by atoms with Gasteiger partial charge in [0.05, 0.1) is 16.2 Å². The van der Waals surface area contributed by atoms with Gasteiger partial charge in [-0.05, 0) is 18.2 Å². The maximum atomic E-state index is 9.10. The van der Waals surface area contributed by atoms with E-state index in [-0.39, 0.29) is 5.75 Å².